The van der Waals surface area contributed by atoms with Crippen LogP contribution in [0.25, 0.3) is 0 Å². The lowest BCUT2D eigenvalue weighted by Gasteiger charge is -2.38. The van der Waals surface area contributed by atoms with Crippen molar-refractivity contribution in [2.75, 3.05) is 16.0 Å². The topological polar surface area (TPSA) is 151 Å². The Morgan fingerprint density at radius 3 is 2.81 bits per heavy atom. The van der Waals surface area contributed by atoms with Crippen LogP contribution in [0.5, 0.6) is 0 Å². The number of aryl methyl sites for hydroxylation is 1. The fraction of sp³-hybridized carbons (Fsp3) is 0.261. The number of halogens is 1. The molecule has 0 bridgehead atoms. The molecule has 0 saturated heterocycles. The molecule has 1 atom stereocenters. The molecule has 3 heterocycles. The van der Waals surface area contributed by atoms with Crippen LogP contribution in [0.4, 0.5) is 14.7 Å². The number of hydrogen-bond donors (Lipinski definition) is 2. The number of rotatable bonds is 6. The Morgan fingerprint density at radius 2 is 2.08 bits per heavy atom. The van der Waals surface area contributed by atoms with Crippen LogP contribution < -0.4 is 16.0 Å². The van der Waals surface area contributed by atoms with E-state index < -0.39 is 11.7 Å². The lowest BCUT2D eigenvalue weighted by molar-refractivity contribution is -0.116. The van der Waals surface area contributed by atoms with Crippen LogP contribution in [0.15, 0.2) is 51.3 Å². The van der Waals surface area contributed by atoms with E-state index in [9.17, 15) is 19.2 Å². The SMILES string of the molecule is Cc1nnc(NC(=O)CSc2nnc(N3C(N)=C(C#N)C(c4ccccc4F)C4=C3CCCC4=O)s2)s1. The highest BCUT2D eigenvalue weighted by molar-refractivity contribution is 8.01. The first-order chi connectivity index (χ1) is 17.9. The maximum absolute atomic E-state index is 14.8. The summed E-state index contributed by atoms with van der Waals surface area (Å²) in [6.07, 6.45) is 1.41. The van der Waals surface area contributed by atoms with Crippen molar-refractivity contribution >= 4 is 56.4 Å². The van der Waals surface area contributed by atoms with E-state index in [2.05, 4.69) is 31.8 Å². The third-order valence-corrected chi connectivity index (χ3v) is 8.61. The summed E-state index contributed by atoms with van der Waals surface area (Å²) in [5.41, 5.74) is 7.75. The lowest BCUT2D eigenvalue weighted by Crippen LogP contribution is -2.38. The van der Waals surface area contributed by atoms with Gasteiger partial charge in [-0.1, -0.05) is 52.6 Å². The molecule has 14 heteroatoms. The molecule has 1 aliphatic carbocycles. The van der Waals surface area contributed by atoms with Gasteiger partial charge in [0.2, 0.25) is 16.2 Å². The minimum Gasteiger partial charge on any atom is -0.384 e. The summed E-state index contributed by atoms with van der Waals surface area (Å²) in [5.74, 6) is -1.66. The van der Waals surface area contributed by atoms with E-state index in [-0.39, 0.29) is 34.4 Å². The number of nitrogens with one attached hydrogen (secondary N) is 1. The number of carbonyl (C=O) groups excluding carboxylic acids is 2. The number of allylic oxidation sites excluding steroid dienone is 3. The van der Waals surface area contributed by atoms with Gasteiger partial charge in [-0.2, -0.15) is 5.26 Å². The third-order valence-electron chi connectivity index (χ3n) is 5.82. The number of Topliss-reactive ketones (excluding diaryl/α,β-unsaturated/α-hetero) is 1. The summed E-state index contributed by atoms with van der Waals surface area (Å²) < 4.78 is 15.3. The van der Waals surface area contributed by atoms with Crippen LogP contribution in [-0.4, -0.2) is 37.8 Å². The average Bonchev–Trinajstić information content (AvgIpc) is 3.51. The van der Waals surface area contributed by atoms with Crippen molar-refractivity contribution in [3.8, 4) is 6.07 Å². The molecule has 1 unspecified atom stereocenters. The second-order valence-electron chi connectivity index (χ2n) is 8.15. The largest absolute Gasteiger partial charge is 0.384 e. The van der Waals surface area contributed by atoms with Gasteiger partial charge in [0, 0.05) is 23.3 Å². The molecule has 0 radical (unpaired) electrons. The zero-order chi connectivity index (χ0) is 26.1. The minimum absolute atomic E-state index is 0.0732. The first kappa shape index (κ1) is 25.0. The fourth-order valence-electron chi connectivity index (χ4n) is 4.31. The first-order valence-corrected chi connectivity index (χ1v) is 13.8. The zero-order valence-electron chi connectivity index (χ0n) is 19.4. The van der Waals surface area contributed by atoms with Crippen molar-refractivity contribution in [1.29, 1.82) is 5.26 Å². The third kappa shape index (κ3) is 4.85. The van der Waals surface area contributed by atoms with E-state index in [1.165, 1.54) is 40.5 Å². The number of nitriles is 1. The Hall–Kier alpha value is -3.67. The van der Waals surface area contributed by atoms with Crippen molar-refractivity contribution in [2.24, 2.45) is 5.73 Å². The number of anilines is 2. The summed E-state index contributed by atoms with van der Waals surface area (Å²) >= 11 is 3.64. The Balaban J connectivity index is 1.44. The van der Waals surface area contributed by atoms with Crippen LogP contribution in [0.3, 0.4) is 0 Å². The van der Waals surface area contributed by atoms with Gasteiger partial charge in [-0.15, -0.1) is 20.4 Å². The van der Waals surface area contributed by atoms with E-state index >= 15 is 0 Å². The molecule has 1 aliphatic heterocycles. The quantitative estimate of drug-likeness (QED) is 0.430. The van der Waals surface area contributed by atoms with Crippen molar-refractivity contribution in [3.63, 3.8) is 0 Å². The predicted octanol–water partition coefficient (Wildman–Crippen LogP) is 3.87. The number of carbonyl (C=O) groups is 2. The molecule has 1 aromatic carbocycles. The molecule has 0 spiro atoms. The van der Waals surface area contributed by atoms with E-state index in [0.29, 0.717) is 45.1 Å². The van der Waals surface area contributed by atoms with Gasteiger partial charge in [0.15, 0.2) is 10.1 Å². The number of hydrogen-bond acceptors (Lipinski definition) is 12. The number of thioether (sulfide) groups is 1. The highest BCUT2D eigenvalue weighted by Gasteiger charge is 2.42. The van der Waals surface area contributed by atoms with Gasteiger partial charge >= 0.3 is 0 Å². The molecule has 0 saturated carbocycles. The van der Waals surface area contributed by atoms with Crippen LogP contribution >= 0.6 is 34.4 Å². The summed E-state index contributed by atoms with van der Waals surface area (Å²) in [6.45, 7) is 1.79. The maximum Gasteiger partial charge on any atom is 0.236 e. The standard InChI is InChI=1S/C23H19FN8O2S3/c1-11-28-29-21(36-11)27-17(34)10-35-23-31-30-22(37-23)32-15-7-4-8-16(33)19(15)18(13(9-25)20(32)26)12-5-2-3-6-14(12)24/h2-3,5-6,18H,4,7-8,10,26H2,1H3,(H,27,29,34). The van der Waals surface area contributed by atoms with Crippen molar-refractivity contribution in [1.82, 2.24) is 20.4 Å². The van der Waals surface area contributed by atoms with E-state index in [1.807, 2.05) is 0 Å². The van der Waals surface area contributed by atoms with Gasteiger partial charge in [-0.05, 0) is 25.8 Å². The molecule has 2 aromatic heterocycles. The Kier molecular flexibility index (Phi) is 7.00. The maximum atomic E-state index is 14.8. The molecular weight excluding hydrogens is 536 g/mol. The molecule has 5 rings (SSSR count). The molecule has 3 N–H and O–H groups in total. The van der Waals surface area contributed by atoms with Gasteiger partial charge in [0.05, 0.1) is 23.3 Å². The number of ketones is 1. The molecule has 0 fully saturated rings. The van der Waals surface area contributed by atoms with E-state index in [1.54, 1.807) is 30.0 Å². The number of nitrogens with two attached hydrogens (primary N) is 1. The summed E-state index contributed by atoms with van der Waals surface area (Å²) in [5, 5.41) is 30.4. The van der Waals surface area contributed by atoms with Crippen molar-refractivity contribution in [2.45, 2.75) is 36.4 Å². The van der Waals surface area contributed by atoms with Gasteiger partial charge in [-0.3, -0.25) is 19.8 Å². The van der Waals surface area contributed by atoms with Gasteiger partial charge in [-0.25, -0.2) is 4.39 Å². The van der Waals surface area contributed by atoms with E-state index in [0.717, 1.165) is 5.01 Å². The molecule has 188 valence electrons. The Morgan fingerprint density at radius 1 is 1.27 bits per heavy atom. The van der Waals surface area contributed by atoms with Gasteiger partial charge < -0.3 is 5.73 Å². The summed E-state index contributed by atoms with van der Waals surface area (Å²) in [7, 11) is 0. The van der Waals surface area contributed by atoms with Crippen LogP contribution in [0.2, 0.25) is 0 Å². The number of benzene rings is 1. The van der Waals surface area contributed by atoms with E-state index in [4.69, 9.17) is 5.73 Å². The Labute approximate surface area is 223 Å². The molecular formula is C23H19FN8O2S3. The van der Waals surface area contributed by atoms with Gasteiger partial charge in [0.25, 0.3) is 0 Å². The van der Waals surface area contributed by atoms with Crippen LogP contribution in [0, 0.1) is 24.1 Å². The minimum atomic E-state index is -0.889. The highest BCUT2D eigenvalue weighted by atomic mass is 32.2. The number of aromatic nitrogens is 4. The molecule has 1 amide bonds. The highest BCUT2D eigenvalue weighted by Crippen LogP contribution is 2.47. The van der Waals surface area contributed by atoms with Crippen molar-refractivity contribution < 1.29 is 14.0 Å². The summed E-state index contributed by atoms with van der Waals surface area (Å²) in [4.78, 5) is 27.0. The second kappa shape index (κ2) is 10.4. The number of amides is 1. The van der Waals surface area contributed by atoms with Crippen LogP contribution in [0.1, 0.15) is 35.8 Å². The van der Waals surface area contributed by atoms with Crippen LogP contribution in [-0.2, 0) is 9.59 Å². The predicted molar refractivity (Wildman–Crippen MR) is 138 cm³/mol. The summed E-state index contributed by atoms with van der Waals surface area (Å²) in [6, 6.07) is 8.20. The number of nitrogens with zero attached hydrogens (tertiary/aromatic N) is 6. The molecule has 2 aliphatic rings. The van der Waals surface area contributed by atoms with Gasteiger partial charge in [0.1, 0.15) is 16.6 Å². The fourth-order valence-corrected chi connectivity index (χ4v) is 6.59. The Bertz CT molecular complexity index is 1510. The smallest absolute Gasteiger partial charge is 0.236 e. The zero-order valence-corrected chi connectivity index (χ0v) is 21.8. The molecule has 3 aromatic rings. The molecule has 37 heavy (non-hydrogen) atoms. The monoisotopic (exact) mass is 554 g/mol. The average molecular weight is 555 g/mol. The normalized spacial score (nSPS) is 17.6. The van der Waals surface area contributed by atoms with Crippen molar-refractivity contribution in [3.05, 3.63) is 63.3 Å². The lowest BCUT2D eigenvalue weighted by atomic mass is 9.75. The first-order valence-electron chi connectivity index (χ1n) is 11.1. The second-order valence-corrected chi connectivity index (χ2v) is 11.5. The molecule has 10 nitrogen and oxygen atoms in total.